The number of benzene rings is 1. The summed E-state index contributed by atoms with van der Waals surface area (Å²) < 4.78 is 0. The molecule has 1 aromatic carbocycles. The standard InChI is InChI=1S/C15H18ClN3/c16-12-3-5-13(6-4-12)19-14(17)18-9-15(19)8-10-1-2-11(15)7-10/h3-6,10-11H,1-2,7-9H2,(H2,17,18). The van der Waals surface area contributed by atoms with Crippen LogP contribution >= 0.6 is 11.6 Å². The zero-order chi connectivity index (χ0) is 13.0. The molecule has 19 heavy (non-hydrogen) atoms. The van der Waals surface area contributed by atoms with Gasteiger partial charge in [-0.1, -0.05) is 11.6 Å². The van der Waals surface area contributed by atoms with Crippen LogP contribution in [0.2, 0.25) is 5.02 Å². The summed E-state index contributed by atoms with van der Waals surface area (Å²) in [6, 6.07) is 7.99. The number of nitrogens with two attached hydrogens (primary N) is 1. The number of nitrogens with zero attached hydrogens (tertiary/aromatic N) is 2. The molecule has 3 nitrogen and oxygen atoms in total. The lowest BCUT2D eigenvalue weighted by molar-refractivity contribution is 0.293. The first kappa shape index (κ1) is 11.6. The summed E-state index contributed by atoms with van der Waals surface area (Å²) in [5.74, 6) is 2.30. The SMILES string of the molecule is NC1=NCC2(CC3CCC2C3)N1c1ccc(Cl)cc1. The summed E-state index contributed by atoms with van der Waals surface area (Å²) in [7, 11) is 0. The first-order valence-electron chi connectivity index (χ1n) is 7.05. The normalized spacial score (nSPS) is 36.3. The zero-order valence-electron chi connectivity index (χ0n) is 10.8. The van der Waals surface area contributed by atoms with E-state index in [2.05, 4.69) is 22.0 Å². The van der Waals surface area contributed by atoms with Crippen molar-refractivity contribution in [1.82, 2.24) is 0 Å². The second kappa shape index (κ2) is 3.89. The van der Waals surface area contributed by atoms with Gasteiger partial charge < -0.3 is 10.6 Å². The van der Waals surface area contributed by atoms with E-state index in [0.717, 1.165) is 29.1 Å². The molecule has 1 heterocycles. The molecular formula is C15H18ClN3. The molecule has 1 aliphatic heterocycles. The molecule has 0 amide bonds. The maximum Gasteiger partial charge on any atom is 0.196 e. The predicted octanol–water partition coefficient (Wildman–Crippen LogP) is 3.03. The van der Waals surface area contributed by atoms with Gasteiger partial charge in [0, 0.05) is 10.7 Å². The van der Waals surface area contributed by atoms with Crippen LogP contribution in [0.25, 0.3) is 0 Å². The molecule has 1 aromatic rings. The van der Waals surface area contributed by atoms with Crippen molar-refractivity contribution in [3.63, 3.8) is 0 Å². The highest BCUT2D eigenvalue weighted by atomic mass is 35.5. The molecule has 0 aromatic heterocycles. The van der Waals surface area contributed by atoms with Crippen molar-refractivity contribution in [3.05, 3.63) is 29.3 Å². The Balaban J connectivity index is 1.75. The fourth-order valence-electron chi connectivity index (χ4n) is 4.45. The van der Waals surface area contributed by atoms with E-state index in [1.807, 2.05) is 12.1 Å². The van der Waals surface area contributed by atoms with Crippen molar-refractivity contribution in [2.24, 2.45) is 22.6 Å². The Morgan fingerprint density at radius 2 is 2.05 bits per heavy atom. The van der Waals surface area contributed by atoms with Gasteiger partial charge in [-0.25, -0.2) is 0 Å². The third kappa shape index (κ3) is 1.54. The fourth-order valence-corrected chi connectivity index (χ4v) is 4.58. The third-order valence-corrected chi connectivity index (χ3v) is 5.47. The maximum absolute atomic E-state index is 6.18. The fraction of sp³-hybridized carbons (Fsp3) is 0.533. The number of hydrogen-bond acceptors (Lipinski definition) is 3. The molecule has 100 valence electrons. The van der Waals surface area contributed by atoms with Crippen LogP contribution in [0.3, 0.4) is 0 Å². The second-order valence-corrected chi connectivity index (χ2v) is 6.61. The molecule has 2 saturated carbocycles. The maximum atomic E-state index is 6.18. The highest BCUT2D eigenvalue weighted by molar-refractivity contribution is 6.30. The molecule has 4 rings (SSSR count). The van der Waals surface area contributed by atoms with Crippen LogP contribution in [-0.2, 0) is 0 Å². The summed E-state index contributed by atoms with van der Waals surface area (Å²) in [6.07, 6.45) is 5.32. The molecule has 2 bridgehead atoms. The summed E-state index contributed by atoms with van der Waals surface area (Å²) in [4.78, 5) is 6.84. The molecular weight excluding hydrogens is 258 g/mol. The van der Waals surface area contributed by atoms with Gasteiger partial charge in [0.2, 0.25) is 0 Å². The predicted molar refractivity (Wildman–Crippen MR) is 78.6 cm³/mol. The van der Waals surface area contributed by atoms with E-state index in [-0.39, 0.29) is 5.54 Å². The molecule has 3 aliphatic rings. The molecule has 0 saturated heterocycles. The van der Waals surface area contributed by atoms with Crippen molar-refractivity contribution in [3.8, 4) is 0 Å². The van der Waals surface area contributed by atoms with Gasteiger partial charge >= 0.3 is 0 Å². The summed E-state index contributed by atoms with van der Waals surface area (Å²) in [6.45, 7) is 0.864. The zero-order valence-corrected chi connectivity index (χ0v) is 11.6. The van der Waals surface area contributed by atoms with Crippen LogP contribution in [0.5, 0.6) is 0 Å². The number of rotatable bonds is 1. The minimum absolute atomic E-state index is 0.154. The van der Waals surface area contributed by atoms with Gasteiger partial charge in [0.25, 0.3) is 0 Å². The van der Waals surface area contributed by atoms with E-state index in [4.69, 9.17) is 17.3 Å². The van der Waals surface area contributed by atoms with Crippen LogP contribution in [0.1, 0.15) is 25.7 Å². The average molecular weight is 276 g/mol. The Labute approximate surface area is 118 Å². The van der Waals surface area contributed by atoms with E-state index >= 15 is 0 Å². The summed E-state index contributed by atoms with van der Waals surface area (Å²) in [5, 5.41) is 0.764. The van der Waals surface area contributed by atoms with E-state index in [0.29, 0.717) is 5.96 Å². The minimum atomic E-state index is 0.154. The van der Waals surface area contributed by atoms with Crippen LogP contribution < -0.4 is 10.6 Å². The van der Waals surface area contributed by atoms with E-state index in [1.165, 1.54) is 25.7 Å². The van der Waals surface area contributed by atoms with Gasteiger partial charge in [-0.15, -0.1) is 0 Å². The Bertz CT molecular complexity index is 539. The van der Waals surface area contributed by atoms with Gasteiger partial charge in [0.1, 0.15) is 0 Å². The lowest BCUT2D eigenvalue weighted by Crippen LogP contribution is -2.55. The molecule has 2 aliphatic carbocycles. The van der Waals surface area contributed by atoms with Gasteiger partial charge in [-0.3, -0.25) is 4.99 Å². The number of hydrogen-bond donors (Lipinski definition) is 1. The Morgan fingerprint density at radius 3 is 2.68 bits per heavy atom. The minimum Gasteiger partial charge on any atom is -0.369 e. The monoisotopic (exact) mass is 275 g/mol. The third-order valence-electron chi connectivity index (χ3n) is 5.22. The van der Waals surface area contributed by atoms with E-state index in [1.54, 1.807) is 0 Å². The number of guanidine groups is 1. The topological polar surface area (TPSA) is 41.6 Å². The van der Waals surface area contributed by atoms with Gasteiger partial charge in [0.15, 0.2) is 5.96 Å². The van der Waals surface area contributed by atoms with Crippen LogP contribution in [0.15, 0.2) is 29.3 Å². The number of fused-ring (bicyclic) bond motifs is 3. The lowest BCUT2D eigenvalue weighted by Gasteiger charge is -2.42. The van der Waals surface area contributed by atoms with E-state index < -0.39 is 0 Å². The van der Waals surface area contributed by atoms with Crippen LogP contribution in [0, 0.1) is 11.8 Å². The van der Waals surface area contributed by atoms with E-state index in [9.17, 15) is 0 Å². The first-order chi connectivity index (χ1) is 9.19. The van der Waals surface area contributed by atoms with Gasteiger partial charge in [-0.2, -0.15) is 0 Å². The highest BCUT2D eigenvalue weighted by Gasteiger charge is 2.57. The highest BCUT2D eigenvalue weighted by Crippen LogP contribution is 2.55. The summed E-state index contributed by atoms with van der Waals surface area (Å²) in [5.41, 5.74) is 7.47. The van der Waals surface area contributed by atoms with Crippen LogP contribution in [-0.4, -0.2) is 18.0 Å². The molecule has 1 spiro atoms. The van der Waals surface area contributed by atoms with Crippen LogP contribution in [0.4, 0.5) is 5.69 Å². The Morgan fingerprint density at radius 1 is 1.26 bits per heavy atom. The quantitative estimate of drug-likeness (QED) is 0.856. The number of anilines is 1. The largest absolute Gasteiger partial charge is 0.369 e. The molecule has 4 heteroatoms. The molecule has 3 atom stereocenters. The lowest BCUT2D eigenvalue weighted by atomic mass is 9.80. The molecule has 0 radical (unpaired) electrons. The molecule has 2 N–H and O–H groups in total. The molecule has 3 unspecified atom stereocenters. The van der Waals surface area contributed by atoms with Gasteiger partial charge in [-0.05, 0) is 61.8 Å². The van der Waals surface area contributed by atoms with Crippen molar-refractivity contribution in [1.29, 1.82) is 0 Å². The van der Waals surface area contributed by atoms with Crippen molar-refractivity contribution in [2.45, 2.75) is 31.2 Å². The average Bonchev–Trinajstić information content (AvgIpc) is 3.07. The van der Waals surface area contributed by atoms with Crippen molar-refractivity contribution >= 4 is 23.2 Å². The first-order valence-corrected chi connectivity index (χ1v) is 7.42. The van der Waals surface area contributed by atoms with Crippen molar-refractivity contribution in [2.75, 3.05) is 11.4 Å². The molecule has 2 fully saturated rings. The summed E-state index contributed by atoms with van der Waals surface area (Å²) >= 11 is 5.99. The second-order valence-electron chi connectivity index (χ2n) is 6.17. The number of halogens is 1. The van der Waals surface area contributed by atoms with Crippen molar-refractivity contribution < 1.29 is 0 Å². The smallest absolute Gasteiger partial charge is 0.196 e. The Hall–Kier alpha value is -1.22. The number of aliphatic imine (C=N–C) groups is 1. The van der Waals surface area contributed by atoms with Gasteiger partial charge in [0.05, 0.1) is 12.1 Å². The Kier molecular flexibility index (Phi) is 2.37.